The zero-order valence-corrected chi connectivity index (χ0v) is 22.2. The van der Waals surface area contributed by atoms with Gasteiger partial charge in [0.25, 0.3) is 10.0 Å². The number of sulfonamides is 1. The molecular formula is C27H29ClFN3O4S. The average molecular weight is 546 g/mol. The highest BCUT2D eigenvalue weighted by Gasteiger charge is 2.33. The van der Waals surface area contributed by atoms with E-state index in [1.807, 2.05) is 0 Å². The number of amides is 2. The predicted molar refractivity (Wildman–Crippen MR) is 142 cm³/mol. The van der Waals surface area contributed by atoms with Crippen LogP contribution < -0.4 is 9.62 Å². The first-order valence-electron chi connectivity index (χ1n) is 11.8. The summed E-state index contributed by atoms with van der Waals surface area (Å²) in [6, 6.07) is 18.6. The van der Waals surface area contributed by atoms with Crippen molar-refractivity contribution in [3.8, 4) is 0 Å². The van der Waals surface area contributed by atoms with E-state index in [0.29, 0.717) is 23.6 Å². The van der Waals surface area contributed by atoms with Crippen LogP contribution in [0.5, 0.6) is 0 Å². The molecule has 1 atom stereocenters. The topological polar surface area (TPSA) is 86.8 Å². The zero-order chi connectivity index (χ0) is 27.0. The van der Waals surface area contributed by atoms with Gasteiger partial charge < -0.3 is 10.2 Å². The minimum Gasteiger partial charge on any atom is -0.355 e. The number of likely N-dealkylation sites (N-methyl/N-ethyl adjacent to an activating group) is 1. The summed E-state index contributed by atoms with van der Waals surface area (Å²) in [6.45, 7) is 3.30. The van der Waals surface area contributed by atoms with Gasteiger partial charge in [-0.25, -0.2) is 12.8 Å². The van der Waals surface area contributed by atoms with Crippen LogP contribution in [0.3, 0.4) is 0 Å². The fourth-order valence-corrected chi connectivity index (χ4v) is 5.51. The predicted octanol–water partition coefficient (Wildman–Crippen LogP) is 4.62. The van der Waals surface area contributed by atoms with Crippen molar-refractivity contribution in [2.45, 2.75) is 37.8 Å². The Morgan fingerprint density at radius 3 is 2.16 bits per heavy atom. The van der Waals surface area contributed by atoms with Gasteiger partial charge >= 0.3 is 0 Å². The van der Waals surface area contributed by atoms with Crippen molar-refractivity contribution in [2.24, 2.45) is 0 Å². The van der Waals surface area contributed by atoms with Crippen LogP contribution >= 0.6 is 11.6 Å². The third kappa shape index (κ3) is 6.87. The second kappa shape index (κ2) is 12.7. The van der Waals surface area contributed by atoms with E-state index >= 15 is 0 Å². The third-order valence-electron chi connectivity index (χ3n) is 5.76. The molecule has 0 spiro atoms. The fourth-order valence-electron chi connectivity index (χ4n) is 3.88. The molecule has 0 aliphatic carbocycles. The van der Waals surface area contributed by atoms with Crippen LogP contribution in [0.4, 0.5) is 10.1 Å². The fraction of sp³-hybridized carbons (Fsp3) is 0.259. The number of carbonyl (C=O) groups excluding carboxylic acids is 2. The summed E-state index contributed by atoms with van der Waals surface area (Å²) < 4.78 is 41.8. The van der Waals surface area contributed by atoms with Gasteiger partial charge in [-0.2, -0.15) is 0 Å². The molecule has 0 heterocycles. The number of hydrogen-bond acceptors (Lipinski definition) is 4. The van der Waals surface area contributed by atoms with Crippen LogP contribution in [-0.2, 0) is 26.2 Å². The molecule has 0 aliphatic heterocycles. The lowest BCUT2D eigenvalue weighted by Crippen LogP contribution is -2.52. The summed E-state index contributed by atoms with van der Waals surface area (Å²) in [7, 11) is -4.20. The molecule has 0 aromatic heterocycles. The Kier molecular flexibility index (Phi) is 9.66. The van der Waals surface area contributed by atoms with Gasteiger partial charge in [0.15, 0.2) is 0 Å². The van der Waals surface area contributed by atoms with Crippen LogP contribution in [0, 0.1) is 5.82 Å². The number of anilines is 1. The second-order valence-electron chi connectivity index (χ2n) is 8.23. The third-order valence-corrected chi connectivity index (χ3v) is 7.92. The molecule has 3 rings (SSSR count). The molecule has 0 radical (unpaired) electrons. The van der Waals surface area contributed by atoms with Crippen molar-refractivity contribution in [1.82, 2.24) is 10.2 Å². The molecule has 3 aromatic rings. The normalized spacial score (nSPS) is 12.0. The molecule has 0 aliphatic rings. The number of rotatable bonds is 11. The highest BCUT2D eigenvalue weighted by Crippen LogP contribution is 2.26. The highest BCUT2D eigenvalue weighted by molar-refractivity contribution is 7.92. The first-order chi connectivity index (χ1) is 17.7. The quantitative estimate of drug-likeness (QED) is 0.381. The Labute approximate surface area is 221 Å². The van der Waals surface area contributed by atoms with Crippen molar-refractivity contribution in [3.05, 3.63) is 95.3 Å². The lowest BCUT2D eigenvalue weighted by molar-refractivity contribution is -0.140. The van der Waals surface area contributed by atoms with Gasteiger partial charge in [0.1, 0.15) is 18.4 Å². The first-order valence-corrected chi connectivity index (χ1v) is 13.6. The van der Waals surface area contributed by atoms with Gasteiger partial charge in [0.05, 0.1) is 10.6 Å². The van der Waals surface area contributed by atoms with E-state index in [1.165, 1.54) is 29.2 Å². The Balaban J connectivity index is 2.05. The Morgan fingerprint density at radius 1 is 0.946 bits per heavy atom. The molecule has 1 N–H and O–H groups in total. The van der Waals surface area contributed by atoms with Crippen LogP contribution in [-0.4, -0.2) is 44.3 Å². The summed E-state index contributed by atoms with van der Waals surface area (Å²) in [5, 5.41) is 3.16. The Hall–Kier alpha value is -3.43. The van der Waals surface area contributed by atoms with Gasteiger partial charge in [-0.15, -0.1) is 0 Å². The SMILES string of the molecule is CCNC(=O)C(CC)N(Cc1ccccc1Cl)C(=O)CN(c1ccc(F)cc1)S(=O)(=O)c1ccccc1. The van der Waals surface area contributed by atoms with Crippen molar-refractivity contribution < 1.29 is 22.4 Å². The molecule has 37 heavy (non-hydrogen) atoms. The summed E-state index contributed by atoms with van der Waals surface area (Å²) in [6.07, 6.45) is 0.296. The van der Waals surface area contributed by atoms with Crippen LogP contribution in [0.15, 0.2) is 83.8 Å². The molecule has 2 amide bonds. The minimum atomic E-state index is -4.20. The van der Waals surface area contributed by atoms with Gasteiger partial charge in [0.2, 0.25) is 11.8 Å². The minimum absolute atomic E-state index is 0.00318. The van der Waals surface area contributed by atoms with Crippen LogP contribution in [0.1, 0.15) is 25.8 Å². The maximum absolute atomic E-state index is 13.8. The number of carbonyl (C=O) groups is 2. The summed E-state index contributed by atoms with van der Waals surface area (Å²) in [5.41, 5.74) is 0.724. The molecule has 0 bridgehead atoms. The van der Waals surface area contributed by atoms with E-state index < -0.39 is 34.3 Å². The average Bonchev–Trinajstić information content (AvgIpc) is 2.89. The number of nitrogens with zero attached hydrogens (tertiary/aromatic N) is 2. The van der Waals surface area contributed by atoms with Crippen LogP contribution in [0.25, 0.3) is 0 Å². The van der Waals surface area contributed by atoms with E-state index in [1.54, 1.807) is 56.3 Å². The number of halogens is 2. The first kappa shape index (κ1) is 28.1. The summed E-state index contributed by atoms with van der Waals surface area (Å²) >= 11 is 6.35. The van der Waals surface area contributed by atoms with E-state index in [-0.39, 0.29) is 23.0 Å². The van der Waals surface area contributed by atoms with Crippen molar-refractivity contribution in [2.75, 3.05) is 17.4 Å². The smallest absolute Gasteiger partial charge is 0.264 e. The maximum atomic E-state index is 13.8. The summed E-state index contributed by atoms with van der Waals surface area (Å²) in [4.78, 5) is 28.0. The van der Waals surface area contributed by atoms with Crippen molar-refractivity contribution in [3.63, 3.8) is 0 Å². The zero-order valence-electron chi connectivity index (χ0n) is 20.6. The lowest BCUT2D eigenvalue weighted by Gasteiger charge is -2.33. The molecule has 10 heteroatoms. The molecule has 0 saturated carbocycles. The van der Waals surface area contributed by atoms with Crippen molar-refractivity contribution >= 4 is 39.1 Å². The van der Waals surface area contributed by atoms with Gasteiger partial charge in [-0.3, -0.25) is 13.9 Å². The number of hydrogen-bond donors (Lipinski definition) is 1. The molecule has 1 unspecified atom stereocenters. The standard InChI is InChI=1S/C27H29ClFN3O4S/c1-3-25(27(34)30-4-2)31(18-20-10-8-9-13-24(20)28)26(33)19-32(22-16-14-21(29)15-17-22)37(35,36)23-11-6-5-7-12-23/h5-17,25H,3-4,18-19H2,1-2H3,(H,30,34). The largest absolute Gasteiger partial charge is 0.355 e. The second-order valence-corrected chi connectivity index (χ2v) is 10.5. The van der Waals surface area contributed by atoms with E-state index in [4.69, 9.17) is 11.6 Å². The highest BCUT2D eigenvalue weighted by atomic mass is 35.5. The van der Waals surface area contributed by atoms with E-state index in [0.717, 1.165) is 16.4 Å². The van der Waals surface area contributed by atoms with Gasteiger partial charge in [0, 0.05) is 18.1 Å². The Bertz CT molecular complexity index is 1320. The van der Waals surface area contributed by atoms with Crippen LogP contribution in [0.2, 0.25) is 5.02 Å². The molecular weight excluding hydrogens is 517 g/mol. The number of nitrogens with one attached hydrogen (secondary N) is 1. The monoisotopic (exact) mass is 545 g/mol. The van der Waals surface area contributed by atoms with E-state index in [2.05, 4.69) is 5.32 Å². The number of benzene rings is 3. The van der Waals surface area contributed by atoms with E-state index in [9.17, 15) is 22.4 Å². The molecule has 3 aromatic carbocycles. The molecule has 0 fully saturated rings. The lowest BCUT2D eigenvalue weighted by atomic mass is 10.1. The molecule has 196 valence electrons. The van der Waals surface area contributed by atoms with Gasteiger partial charge in [-0.05, 0) is 61.4 Å². The summed E-state index contributed by atoms with van der Waals surface area (Å²) in [5.74, 6) is -1.51. The maximum Gasteiger partial charge on any atom is 0.264 e. The Morgan fingerprint density at radius 2 is 1.57 bits per heavy atom. The van der Waals surface area contributed by atoms with Gasteiger partial charge in [-0.1, -0.05) is 54.9 Å². The van der Waals surface area contributed by atoms with Crippen molar-refractivity contribution in [1.29, 1.82) is 0 Å². The molecule has 0 saturated heterocycles. The molecule has 7 nitrogen and oxygen atoms in total.